The van der Waals surface area contributed by atoms with E-state index in [2.05, 4.69) is 15.0 Å². The van der Waals surface area contributed by atoms with Crippen molar-refractivity contribution in [2.45, 2.75) is 32.6 Å². The van der Waals surface area contributed by atoms with Crippen LogP contribution in [-0.2, 0) is 10.0 Å². The average molecular weight is 635 g/mol. The van der Waals surface area contributed by atoms with Gasteiger partial charge in [-0.1, -0.05) is 12.1 Å². The number of aromatic amines is 1. The van der Waals surface area contributed by atoms with Crippen molar-refractivity contribution in [3.8, 4) is 11.3 Å². The zero-order valence-electron chi connectivity index (χ0n) is 25.0. The van der Waals surface area contributed by atoms with Crippen LogP contribution in [0.1, 0.15) is 57.7 Å². The number of sulfonamides is 1. The number of nitrogens with one attached hydrogen (secondary N) is 3. The number of rotatable bonds is 7. The number of carbonyl (C=O) groups excluding carboxylic acids is 2. The molecule has 3 N–H and O–H groups in total. The third kappa shape index (κ3) is 5.54. The molecule has 9 nitrogen and oxygen atoms in total. The lowest BCUT2D eigenvalue weighted by atomic mass is 9.88. The van der Waals surface area contributed by atoms with Crippen molar-refractivity contribution in [2.75, 3.05) is 30.6 Å². The molecule has 45 heavy (non-hydrogen) atoms. The Hall–Kier alpha value is -4.71. The number of nitrogens with zero attached hydrogens (tertiary/aromatic N) is 1. The van der Waals surface area contributed by atoms with E-state index in [0.29, 0.717) is 52.5 Å². The lowest BCUT2D eigenvalue weighted by Crippen LogP contribution is -2.39. The lowest BCUT2D eigenvalue weighted by molar-refractivity contribution is 0.0701. The third-order valence-corrected chi connectivity index (χ3v) is 9.76. The normalized spacial score (nSPS) is 15.5. The summed E-state index contributed by atoms with van der Waals surface area (Å²) in [5.41, 5.74) is 3.09. The molecule has 12 heteroatoms. The minimum atomic E-state index is -3.71. The van der Waals surface area contributed by atoms with Crippen LogP contribution in [0.5, 0.6) is 0 Å². The first-order valence-electron chi connectivity index (χ1n) is 14.7. The molecule has 1 fully saturated rings. The van der Waals surface area contributed by atoms with Gasteiger partial charge in [0.15, 0.2) is 0 Å². The zero-order chi connectivity index (χ0) is 32.0. The van der Waals surface area contributed by atoms with Gasteiger partial charge in [-0.25, -0.2) is 17.2 Å². The van der Waals surface area contributed by atoms with E-state index in [9.17, 15) is 26.8 Å². The summed E-state index contributed by atoms with van der Waals surface area (Å²) in [5.74, 6) is -1.85. The number of likely N-dealkylation sites (tertiary alicyclic amines) is 1. The van der Waals surface area contributed by atoms with Crippen molar-refractivity contribution in [1.82, 2.24) is 15.2 Å². The fraction of sp³-hybridized carbons (Fsp3) is 0.273. The summed E-state index contributed by atoms with van der Waals surface area (Å²) >= 11 is 0. The number of amides is 2. The molecule has 0 unspecified atom stereocenters. The Labute approximate surface area is 258 Å². The van der Waals surface area contributed by atoms with Gasteiger partial charge >= 0.3 is 0 Å². The fourth-order valence-electron chi connectivity index (χ4n) is 6.09. The van der Waals surface area contributed by atoms with Gasteiger partial charge in [0.25, 0.3) is 11.8 Å². The van der Waals surface area contributed by atoms with Crippen molar-refractivity contribution < 1.29 is 31.2 Å². The third-order valence-electron chi connectivity index (χ3n) is 8.47. The smallest absolute Gasteiger partial charge is 0.270 e. The van der Waals surface area contributed by atoms with Crippen molar-refractivity contribution in [1.29, 1.82) is 0 Å². The molecule has 1 aliphatic rings. The van der Waals surface area contributed by atoms with E-state index in [0.717, 1.165) is 0 Å². The van der Waals surface area contributed by atoms with Gasteiger partial charge in [0, 0.05) is 48.5 Å². The molecule has 0 radical (unpaired) electrons. The van der Waals surface area contributed by atoms with E-state index < -0.39 is 27.6 Å². The van der Waals surface area contributed by atoms with Crippen molar-refractivity contribution in [3.05, 3.63) is 88.6 Å². The van der Waals surface area contributed by atoms with Crippen molar-refractivity contribution in [2.24, 2.45) is 0 Å². The maximum Gasteiger partial charge on any atom is 0.270 e. The van der Waals surface area contributed by atoms with E-state index in [1.165, 1.54) is 44.3 Å². The van der Waals surface area contributed by atoms with E-state index >= 15 is 0 Å². The standard InChI is InChI=1S/C33H32F2N4O5S/c1-4-45(42,43)38-26-16-27-24(28(32(40)36-3)31(44-27)19-10-12-21(34)13-11-19)15-23(26)20-7-6-14-39(17-20)33(41)29-18(2)22-8-5-9-25(35)30(22)37-29/h5,8-13,15-16,20,37-38H,4,6-7,14,17H2,1-3H3,(H,36,40)/t20-/m0/s1. The van der Waals surface area contributed by atoms with Crippen molar-refractivity contribution >= 4 is 49.4 Å². The molecular weight excluding hydrogens is 602 g/mol. The minimum absolute atomic E-state index is 0.168. The molecule has 1 atom stereocenters. The number of hydrogen-bond acceptors (Lipinski definition) is 5. The number of para-hydroxylation sites is 1. The number of furan rings is 1. The highest BCUT2D eigenvalue weighted by molar-refractivity contribution is 7.92. The Balaban J connectivity index is 1.45. The molecule has 234 valence electrons. The lowest BCUT2D eigenvalue weighted by Gasteiger charge is -2.34. The van der Waals surface area contributed by atoms with Gasteiger partial charge < -0.3 is 19.6 Å². The number of aryl methyl sites for hydroxylation is 1. The number of carbonyl (C=O) groups is 2. The first kappa shape index (κ1) is 30.3. The number of aromatic nitrogens is 1. The average Bonchev–Trinajstić information content (AvgIpc) is 3.58. The molecule has 2 amide bonds. The molecule has 3 aromatic carbocycles. The SMILES string of the molecule is CCS(=O)(=O)Nc1cc2oc(-c3ccc(F)cc3)c(C(=O)NC)c2cc1[C@H]1CCCN(C(=O)c2[nH]c3c(F)cccc3c2C)C1. The summed E-state index contributed by atoms with van der Waals surface area (Å²) in [6.07, 6.45) is 1.28. The van der Waals surface area contributed by atoms with E-state index in [1.54, 1.807) is 36.1 Å². The maximum atomic E-state index is 14.5. The van der Waals surface area contributed by atoms with Gasteiger partial charge in [-0.3, -0.25) is 14.3 Å². The highest BCUT2D eigenvalue weighted by atomic mass is 32.2. The van der Waals surface area contributed by atoms with Gasteiger partial charge in [-0.2, -0.15) is 0 Å². The van der Waals surface area contributed by atoms with Gasteiger partial charge in [-0.05, 0) is 74.2 Å². The van der Waals surface area contributed by atoms with Crippen LogP contribution in [0.4, 0.5) is 14.5 Å². The van der Waals surface area contributed by atoms with Crippen LogP contribution in [0, 0.1) is 18.6 Å². The monoisotopic (exact) mass is 634 g/mol. The summed E-state index contributed by atoms with van der Waals surface area (Å²) in [6.45, 7) is 4.03. The second-order valence-corrected chi connectivity index (χ2v) is 13.2. The second-order valence-electron chi connectivity index (χ2n) is 11.2. The van der Waals surface area contributed by atoms with E-state index in [-0.39, 0.29) is 52.2 Å². The zero-order valence-corrected chi connectivity index (χ0v) is 25.8. The number of fused-ring (bicyclic) bond motifs is 2. The summed E-state index contributed by atoms with van der Waals surface area (Å²) in [5, 5.41) is 3.72. The second kappa shape index (κ2) is 11.7. The quantitative estimate of drug-likeness (QED) is 0.194. The molecule has 6 rings (SSSR count). The summed E-state index contributed by atoms with van der Waals surface area (Å²) < 4.78 is 62.6. The van der Waals surface area contributed by atoms with Crippen LogP contribution >= 0.6 is 0 Å². The predicted molar refractivity (Wildman–Crippen MR) is 169 cm³/mol. The number of hydrogen-bond donors (Lipinski definition) is 3. The highest BCUT2D eigenvalue weighted by Crippen LogP contribution is 2.41. The number of piperidine rings is 1. The number of anilines is 1. The topological polar surface area (TPSA) is 125 Å². The van der Waals surface area contributed by atoms with Crippen LogP contribution < -0.4 is 10.0 Å². The number of halogens is 2. The minimum Gasteiger partial charge on any atom is -0.455 e. The van der Waals surface area contributed by atoms with Crippen LogP contribution in [0.2, 0.25) is 0 Å². The maximum absolute atomic E-state index is 14.5. The van der Waals surface area contributed by atoms with Gasteiger partial charge in [0.1, 0.15) is 28.7 Å². The Kier molecular flexibility index (Phi) is 7.86. The number of H-pyrrole nitrogens is 1. The van der Waals surface area contributed by atoms with Gasteiger partial charge in [-0.15, -0.1) is 0 Å². The predicted octanol–water partition coefficient (Wildman–Crippen LogP) is 6.31. The summed E-state index contributed by atoms with van der Waals surface area (Å²) in [7, 11) is -2.23. The molecule has 2 aromatic heterocycles. The summed E-state index contributed by atoms with van der Waals surface area (Å²) in [6, 6.07) is 13.5. The molecule has 0 spiro atoms. The van der Waals surface area contributed by atoms with Crippen LogP contribution in [0.25, 0.3) is 33.2 Å². The number of benzene rings is 3. The molecule has 1 saturated heterocycles. The van der Waals surface area contributed by atoms with Gasteiger partial charge in [0.2, 0.25) is 10.0 Å². The molecule has 0 bridgehead atoms. The first-order valence-corrected chi connectivity index (χ1v) is 16.3. The van der Waals surface area contributed by atoms with Crippen LogP contribution in [0.3, 0.4) is 0 Å². The Morgan fingerprint density at radius 3 is 2.53 bits per heavy atom. The van der Waals surface area contributed by atoms with E-state index in [4.69, 9.17) is 4.42 Å². The highest BCUT2D eigenvalue weighted by Gasteiger charge is 2.31. The van der Waals surface area contributed by atoms with Crippen LogP contribution in [0.15, 0.2) is 59.0 Å². The molecule has 5 aromatic rings. The largest absolute Gasteiger partial charge is 0.455 e. The Bertz CT molecular complexity index is 2070. The van der Waals surface area contributed by atoms with Crippen LogP contribution in [-0.4, -0.2) is 56.0 Å². The molecular formula is C33H32F2N4O5S. The molecule has 0 aliphatic carbocycles. The van der Waals surface area contributed by atoms with E-state index in [1.807, 2.05) is 0 Å². The molecule has 1 aliphatic heterocycles. The molecule has 0 saturated carbocycles. The molecule has 3 heterocycles. The van der Waals surface area contributed by atoms with Gasteiger partial charge in [0.05, 0.1) is 22.5 Å². The summed E-state index contributed by atoms with van der Waals surface area (Å²) in [4.78, 5) is 31.6. The van der Waals surface area contributed by atoms with Crippen molar-refractivity contribution in [3.63, 3.8) is 0 Å². The Morgan fingerprint density at radius 2 is 1.84 bits per heavy atom. The first-order chi connectivity index (χ1) is 21.5. The fourth-order valence-corrected chi connectivity index (χ4v) is 6.74. The Morgan fingerprint density at radius 1 is 1.09 bits per heavy atom.